The van der Waals surface area contributed by atoms with Crippen LogP contribution in [-0.4, -0.2) is 29.5 Å². The average molecular weight is 957 g/mol. The molecule has 0 atom stereocenters. The Balaban J connectivity index is 1.19. The third kappa shape index (κ3) is 8.45. The summed E-state index contributed by atoms with van der Waals surface area (Å²) in [6.45, 7) is 8.14. The van der Waals surface area contributed by atoms with Crippen molar-refractivity contribution in [1.82, 2.24) is 29.5 Å². The van der Waals surface area contributed by atoms with Gasteiger partial charge in [0.15, 0.2) is 29.0 Å². The van der Waals surface area contributed by atoms with Crippen molar-refractivity contribution in [3.05, 3.63) is 246 Å². The first-order chi connectivity index (χ1) is 37.0. The molecule has 0 amide bonds. The van der Waals surface area contributed by atoms with Crippen molar-refractivity contribution in [3.8, 4) is 114 Å². The van der Waals surface area contributed by atoms with Crippen molar-refractivity contribution in [2.24, 2.45) is 0 Å². The van der Waals surface area contributed by atoms with Crippen LogP contribution in [-0.2, 0) is 0 Å². The molecule has 10 nitrogen and oxygen atoms in total. The molecule has 12 rings (SSSR count). The van der Waals surface area contributed by atoms with Gasteiger partial charge in [0.05, 0.1) is 64.0 Å². The van der Waals surface area contributed by atoms with Gasteiger partial charge in [0, 0.05) is 49.7 Å². The van der Waals surface area contributed by atoms with Gasteiger partial charge in [0.1, 0.15) is 0 Å². The molecule has 0 radical (unpaired) electrons. The summed E-state index contributed by atoms with van der Waals surface area (Å²) >= 11 is 0. The molecule has 0 saturated heterocycles. The van der Waals surface area contributed by atoms with Gasteiger partial charge in [-0.15, -0.1) is 0 Å². The zero-order valence-electron chi connectivity index (χ0n) is 39.8. The fourth-order valence-corrected chi connectivity index (χ4v) is 9.58. The van der Waals surface area contributed by atoms with Gasteiger partial charge in [0.25, 0.3) is 0 Å². The molecule has 0 bridgehead atoms. The van der Waals surface area contributed by atoms with Crippen LogP contribution in [0.25, 0.3) is 123 Å². The summed E-state index contributed by atoms with van der Waals surface area (Å²) in [6, 6.07) is 77.1. The highest BCUT2D eigenvalue weighted by atomic mass is 15.1. The van der Waals surface area contributed by atoms with E-state index in [9.17, 15) is 15.8 Å². The Morgan fingerprint density at radius 2 is 0.827 bits per heavy atom. The summed E-state index contributed by atoms with van der Waals surface area (Å²) < 4.78 is 2.19. The molecule has 0 unspecified atom stereocenters. The van der Waals surface area contributed by atoms with Gasteiger partial charge in [-0.05, 0) is 76.9 Å². The Kier molecular flexibility index (Phi) is 11.5. The second-order valence-corrected chi connectivity index (χ2v) is 17.7. The molecule has 10 heteroatoms. The SMILES string of the molecule is [C-]#[N+]c1cc(C#N)ccc1-c1ccc2c3ccc(-c4ccc(C#N)cc4C#N)cc3n(-c3ccc(-c4cc(-c5ccccc5)nc(-c5ccccc5)n4)cc3-c3nc(-c4ccccc4)nc(-c4ccccc4)n3)c2c1. The Bertz CT molecular complexity index is 4140. The van der Waals surface area contributed by atoms with Crippen molar-refractivity contribution >= 4 is 27.5 Å². The Labute approximate surface area is 431 Å². The molecular weight excluding hydrogens is 921 g/mol. The van der Waals surface area contributed by atoms with Crippen LogP contribution in [0.4, 0.5) is 5.69 Å². The van der Waals surface area contributed by atoms with E-state index in [0.717, 1.165) is 72.1 Å². The van der Waals surface area contributed by atoms with Crippen LogP contribution in [0.1, 0.15) is 16.7 Å². The Morgan fingerprint density at radius 3 is 1.36 bits per heavy atom. The molecule has 12 aromatic rings. The van der Waals surface area contributed by atoms with E-state index >= 15 is 0 Å². The zero-order chi connectivity index (χ0) is 50.8. The lowest BCUT2D eigenvalue weighted by Gasteiger charge is -2.17. The van der Waals surface area contributed by atoms with E-state index in [1.165, 1.54) is 0 Å². The van der Waals surface area contributed by atoms with Crippen LogP contribution in [0.15, 0.2) is 218 Å². The molecule has 0 fully saturated rings. The minimum atomic E-state index is 0.356. The fraction of sp³-hybridized carbons (Fsp3) is 0. The van der Waals surface area contributed by atoms with Crippen molar-refractivity contribution in [1.29, 1.82) is 15.8 Å². The molecule has 346 valence electrons. The van der Waals surface area contributed by atoms with E-state index in [4.69, 9.17) is 31.5 Å². The van der Waals surface area contributed by atoms with E-state index in [1.54, 1.807) is 24.3 Å². The lowest BCUT2D eigenvalue weighted by molar-refractivity contribution is 1.06. The number of fused-ring (bicyclic) bond motifs is 3. The predicted octanol–water partition coefficient (Wildman–Crippen LogP) is 15.3. The number of nitrogens with zero attached hydrogens (tertiary/aromatic N) is 10. The highest BCUT2D eigenvalue weighted by molar-refractivity contribution is 6.12. The lowest BCUT2D eigenvalue weighted by Crippen LogP contribution is -2.04. The molecule has 0 saturated carbocycles. The Morgan fingerprint density at radius 1 is 0.360 bits per heavy atom. The van der Waals surface area contributed by atoms with Gasteiger partial charge >= 0.3 is 0 Å². The van der Waals surface area contributed by atoms with Crippen molar-refractivity contribution in [2.45, 2.75) is 0 Å². The molecule has 0 aliphatic heterocycles. The summed E-state index contributed by atoms with van der Waals surface area (Å²) in [7, 11) is 0. The second-order valence-electron chi connectivity index (χ2n) is 17.7. The molecular formula is C65H36N10. The number of benzene rings is 9. The lowest BCUT2D eigenvalue weighted by atomic mass is 9.97. The van der Waals surface area contributed by atoms with Crippen LogP contribution < -0.4 is 0 Å². The molecule has 75 heavy (non-hydrogen) atoms. The van der Waals surface area contributed by atoms with Gasteiger partial charge in [0.2, 0.25) is 0 Å². The van der Waals surface area contributed by atoms with Crippen LogP contribution in [0, 0.1) is 40.6 Å². The first-order valence-electron chi connectivity index (χ1n) is 23.9. The molecule has 9 aromatic carbocycles. The highest BCUT2D eigenvalue weighted by Gasteiger charge is 2.23. The number of hydrogen-bond donors (Lipinski definition) is 0. The van der Waals surface area contributed by atoms with Crippen LogP contribution in [0.3, 0.4) is 0 Å². The highest BCUT2D eigenvalue weighted by Crippen LogP contribution is 2.43. The van der Waals surface area contributed by atoms with Crippen LogP contribution >= 0.6 is 0 Å². The standard InChI is InChI=1S/C65H36N10/c1-69-58-33-42(39-67)23-28-52(58)48-25-30-54-53-29-24-47(51-27-22-41(38-66)32-50(51)40-68)35-60(53)75(61(54)36-48)59-31-26-49(57-37-56(43-14-6-2-7-15-43)70-62(71-57)44-16-8-3-9-17-44)34-55(59)65-73-63(45-18-10-4-11-19-45)72-64(74-65)46-20-12-5-13-21-46/h2-37H. The third-order valence-electron chi connectivity index (χ3n) is 13.2. The topological polar surface area (TPSA) is 145 Å². The van der Waals surface area contributed by atoms with E-state index in [2.05, 4.69) is 70.1 Å². The fourth-order valence-electron chi connectivity index (χ4n) is 9.58. The van der Waals surface area contributed by atoms with Crippen LogP contribution in [0.2, 0.25) is 0 Å². The van der Waals surface area contributed by atoms with Crippen molar-refractivity contribution in [3.63, 3.8) is 0 Å². The molecule has 3 aromatic heterocycles. The largest absolute Gasteiger partial charge is 0.308 e. The van der Waals surface area contributed by atoms with Crippen molar-refractivity contribution < 1.29 is 0 Å². The van der Waals surface area contributed by atoms with Crippen LogP contribution in [0.5, 0.6) is 0 Å². The first-order valence-corrected chi connectivity index (χ1v) is 23.9. The first kappa shape index (κ1) is 45.0. The number of nitriles is 3. The number of aromatic nitrogens is 6. The number of rotatable bonds is 9. The average Bonchev–Trinajstić information content (AvgIpc) is 3.87. The van der Waals surface area contributed by atoms with Crippen molar-refractivity contribution in [2.75, 3.05) is 0 Å². The predicted molar refractivity (Wildman–Crippen MR) is 294 cm³/mol. The van der Waals surface area contributed by atoms with Gasteiger partial charge in [-0.25, -0.2) is 29.8 Å². The summed E-state index contributed by atoms with van der Waals surface area (Å²) in [6.07, 6.45) is 0. The van der Waals surface area contributed by atoms with E-state index in [-0.39, 0.29) is 0 Å². The maximum absolute atomic E-state index is 10.4. The summed E-state index contributed by atoms with van der Waals surface area (Å²) in [5.41, 5.74) is 13.1. The number of hydrogen-bond acceptors (Lipinski definition) is 8. The third-order valence-corrected chi connectivity index (χ3v) is 13.2. The molecule has 0 aliphatic carbocycles. The zero-order valence-corrected chi connectivity index (χ0v) is 39.8. The summed E-state index contributed by atoms with van der Waals surface area (Å²) in [5.74, 6) is 1.95. The normalized spacial score (nSPS) is 10.9. The van der Waals surface area contributed by atoms with Gasteiger partial charge in [-0.1, -0.05) is 164 Å². The summed E-state index contributed by atoms with van der Waals surface area (Å²) in [4.78, 5) is 29.9. The maximum Gasteiger partial charge on any atom is 0.196 e. The summed E-state index contributed by atoms with van der Waals surface area (Å²) in [5, 5.41) is 31.8. The van der Waals surface area contributed by atoms with E-state index in [0.29, 0.717) is 68.1 Å². The molecule has 0 spiro atoms. The quantitative estimate of drug-likeness (QED) is 0.130. The van der Waals surface area contributed by atoms with E-state index < -0.39 is 0 Å². The van der Waals surface area contributed by atoms with E-state index in [1.807, 2.05) is 152 Å². The Hall–Kier alpha value is -11.2. The molecule has 0 N–H and O–H groups in total. The monoisotopic (exact) mass is 956 g/mol. The maximum atomic E-state index is 10.4. The van der Waals surface area contributed by atoms with Gasteiger partial charge in [-0.3, -0.25) is 0 Å². The molecule has 0 aliphatic rings. The minimum Gasteiger partial charge on any atom is -0.308 e. The minimum absolute atomic E-state index is 0.356. The smallest absolute Gasteiger partial charge is 0.196 e. The second kappa shape index (κ2) is 19.2. The molecule has 3 heterocycles. The van der Waals surface area contributed by atoms with Gasteiger partial charge in [-0.2, -0.15) is 15.8 Å². The van der Waals surface area contributed by atoms with Gasteiger partial charge < -0.3 is 4.57 Å².